The van der Waals surface area contributed by atoms with Crippen LogP contribution in [0.1, 0.15) is 0 Å². The van der Waals surface area contributed by atoms with Crippen LogP contribution < -0.4 is 4.90 Å². The van der Waals surface area contributed by atoms with E-state index in [1.165, 1.54) is 15.8 Å². The maximum Gasteiger partial charge on any atom is 0.243 e. The van der Waals surface area contributed by atoms with Gasteiger partial charge in [0, 0.05) is 43.3 Å². The summed E-state index contributed by atoms with van der Waals surface area (Å²) in [4.78, 5) is 6.27. The van der Waals surface area contributed by atoms with E-state index in [-0.39, 0.29) is 18.0 Å². The zero-order valence-corrected chi connectivity index (χ0v) is 16.3. The van der Waals surface area contributed by atoms with Gasteiger partial charge in [0.2, 0.25) is 15.2 Å². The average Bonchev–Trinajstić information content (AvgIpc) is 3.21. The van der Waals surface area contributed by atoms with Crippen molar-refractivity contribution in [2.24, 2.45) is 0 Å². The van der Waals surface area contributed by atoms with E-state index in [2.05, 4.69) is 9.36 Å². The summed E-state index contributed by atoms with van der Waals surface area (Å²) >= 11 is 1.27. The van der Waals surface area contributed by atoms with Gasteiger partial charge in [0.25, 0.3) is 0 Å². The van der Waals surface area contributed by atoms with Crippen LogP contribution in [0, 0.1) is 11.6 Å². The first kappa shape index (κ1) is 18.9. The number of hydrogen-bond acceptors (Lipinski definition) is 6. The Balaban J connectivity index is 1.46. The molecule has 0 saturated carbocycles. The van der Waals surface area contributed by atoms with Gasteiger partial charge in [0.15, 0.2) is 17.5 Å². The molecule has 6 nitrogen and oxygen atoms in total. The maximum absolute atomic E-state index is 13.4. The molecule has 4 rings (SSSR count). The van der Waals surface area contributed by atoms with Crippen LogP contribution in [-0.4, -0.2) is 48.3 Å². The molecule has 1 aromatic heterocycles. The van der Waals surface area contributed by atoms with Gasteiger partial charge in [-0.25, -0.2) is 17.2 Å². The molecule has 10 heteroatoms. The molecule has 0 N–H and O–H groups in total. The van der Waals surface area contributed by atoms with E-state index in [1.807, 2.05) is 35.2 Å². The predicted molar refractivity (Wildman–Crippen MR) is 103 cm³/mol. The van der Waals surface area contributed by atoms with Crippen LogP contribution in [0.3, 0.4) is 0 Å². The van der Waals surface area contributed by atoms with Crippen molar-refractivity contribution in [3.05, 3.63) is 60.2 Å². The minimum Gasteiger partial charge on any atom is -0.344 e. The van der Waals surface area contributed by atoms with Crippen molar-refractivity contribution < 1.29 is 17.2 Å². The maximum atomic E-state index is 13.4. The van der Waals surface area contributed by atoms with Crippen molar-refractivity contribution in [1.82, 2.24) is 13.7 Å². The molecule has 1 aliphatic rings. The van der Waals surface area contributed by atoms with E-state index in [9.17, 15) is 17.2 Å². The fourth-order valence-corrected chi connectivity index (χ4v) is 5.13. The molecule has 0 amide bonds. The molecular weight excluding hydrogens is 406 g/mol. The molecule has 0 spiro atoms. The zero-order chi connectivity index (χ0) is 19.7. The minimum absolute atomic E-state index is 0.224. The molecule has 2 aromatic carbocycles. The number of rotatable bonds is 4. The Kier molecular flexibility index (Phi) is 5.09. The number of anilines is 1. The first-order chi connectivity index (χ1) is 13.4. The summed E-state index contributed by atoms with van der Waals surface area (Å²) in [6, 6.07) is 12.2. The number of sulfonamides is 1. The highest BCUT2D eigenvalue weighted by atomic mass is 32.2. The third kappa shape index (κ3) is 3.62. The highest BCUT2D eigenvalue weighted by Gasteiger charge is 2.30. The third-order valence-electron chi connectivity index (χ3n) is 4.49. The highest BCUT2D eigenvalue weighted by molar-refractivity contribution is 7.89. The standard InChI is InChI=1S/C18H16F2N4O2S2/c19-15-7-6-14(12-16(15)20)28(25,26)24-10-8-23(9-11-24)18-21-17(22-27-18)13-4-2-1-3-5-13/h1-7,12H,8-11H2. The molecule has 0 bridgehead atoms. The van der Waals surface area contributed by atoms with Crippen LogP contribution in [0.2, 0.25) is 0 Å². The lowest BCUT2D eigenvalue weighted by Crippen LogP contribution is -2.48. The monoisotopic (exact) mass is 422 g/mol. The zero-order valence-electron chi connectivity index (χ0n) is 14.6. The summed E-state index contributed by atoms with van der Waals surface area (Å²) in [5, 5.41) is 0.726. The van der Waals surface area contributed by atoms with Gasteiger partial charge in [0.05, 0.1) is 4.90 Å². The number of aromatic nitrogens is 2. The van der Waals surface area contributed by atoms with Gasteiger partial charge in [-0.1, -0.05) is 30.3 Å². The average molecular weight is 422 g/mol. The van der Waals surface area contributed by atoms with E-state index in [0.717, 1.165) is 22.8 Å². The lowest BCUT2D eigenvalue weighted by molar-refractivity contribution is 0.384. The summed E-state index contributed by atoms with van der Waals surface area (Å²) in [5.41, 5.74) is 0.921. The molecule has 0 radical (unpaired) electrons. The fourth-order valence-electron chi connectivity index (χ4n) is 2.95. The summed E-state index contributed by atoms with van der Waals surface area (Å²) in [6.07, 6.45) is 0. The molecule has 0 atom stereocenters. The van der Waals surface area contributed by atoms with Crippen LogP contribution in [-0.2, 0) is 10.0 Å². The molecule has 3 aromatic rings. The van der Waals surface area contributed by atoms with Gasteiger partial charge in [-0.3, -0.25) is 0 Å². The largest absolute Gasteiger partial charge is 0.344 e. The van der Waals surface area contributed by atoms with Crippen molar-refractivity contribution in [2.75, 3.05) is 31.1 Å². The number of nitrogens with zero attached hydrogens (tertiary/aromatic N) is 4. The first-order valence-corrected chi connectivity index (χ1v) is 10.8. The molecular formula is C18H16F2N4O2S2. The normalized spacial score (nSPS) is 15.7. The number of hydrogen-bond donors (Lipinski definition) is 0. The summed E-state index contributed by atoms with van der Waals surface area (Å²) in [6.45, 7) is 1.32. The second-order valence-corrected chi connectivity index (χ2v) is 8.90. The molecule has 1 aliphatic heterocycles. The Hall–Kier alpha value is -2.43. The highest BCUT2D eigenvalue weighted by Crippen LogP contribution is 2.26. The van der Waals surface area contributed by atoms with Crippen LogP contribution in [0.25, 0.3) is 11.4 Å². The van der Waals surface area contributed by atoms with Crippen LogP contribution >= 0.6 is 11.5 Å². The number of piperazine rings is 1. The number of benzene rings is 2. The Morgan fingerprint density at radius 3 is 2.32 bits per heavy atom. The Morgan fingerprint density at radius 1 is 0.929 bits per heavy atom. The molecule has 1 saturated heterocycles. The molecule has 28 heavy (non-hydrogen) atoms. The van der Waals surface area contributed by atoms with Crippen molar-refractivity contribution in [3.63, 3.8) is 0 Å². The van der Waals surface area contributed by atoms with E-state index in [1.54, 1.807) is 0 Å². The van der Waals surface area contributed by atoms with Gasteiger partial charge < -0.3 is 4.90 Å². The quantitative estimate of drug-likeness (QED) is 0.647. The third-order valence-corrected chi connectivity index (χ3v) is 7.16. The van der Waals surface area contributed by atoms with Crippen LogP contribution in [0.5, 0.6) is 0 Å². The first-order valence-electron chi connectivity index (χ1n) is 8.54. The van der Waals surface area contributed by atoms with Crippen LogP contribution in [0.15, 0.2) is 53.4 Å². The lowest BCUT2D eigenvalue weighted by atomic mass is 10.2. The van der Waals surface area contributed by atoms with E-state index >= 15 is 0 Å². The van der Waals surface area contributed by atoms with Crippen LogP contribution in [0.4, 0.5) is 13.9 Å². The summed E-state index contributed by atoms with van der Waals surface area (Å²) < 4.78 is 57.5. The van der Waals surface area contributed by atoms with Gasteiger partial charge in [-0.05, 0) is 18.2 Å². The second kappa shape index (κ2) is 7.53. The molecule has 2 heterocycles. The van der Waals surface area contributed by atoms with E-state index < -0.39 is 21.7 Å². The van der Waals surface area contributed by atoms with E-state index in [0.29, 0.717) is 25.0 Å². The molecule has 1 fully saturated rings. The second-order valence-electron chi connectivity index (χ2n) is 6.23. The SMILES string of the molecule is O=S(=O)(c1ccc(F)c(F)c1)N1CCN(c2nc(-c3ccccc3)ns2)CC1. The predicted octanol–water partition coefficient (Wildman–Crippen LogP) is 2.99. The van der Waals surface area contributed by atoms with Crippen molar-refractivity contribution in [1.29, 1.82) is 0 Å². The smallest absolute Gasteiger partial charge is 0.243 e. The van der Waals surface area contributed by atoms with Gasteiger partial charge >= 0.3 is 0 Å². The van der Waals surface area contributed by atoms with Crippen molar-refractivity contribution in [2.45, 2.75) is 4.90 Å². The molecule has 0 unspecified atom stereocenters. The Labute approximate surface area is 165 Å². The lowest BCUT2D eigenvalue weighted by Gasteiger charge is -2.33. The van der Waals surface area contributed by atoms with Crippen molar-refractivity contribution >= 4 is 26.7 Å². The van der Waals surface area contributed by atoms with Crippen molar-refractivity contribution in [3.8, 4) is 11.4 Å². The van der Waals surface area contributed by atoms with Gasteiger partial charge in [-0.2, -0.15) is 13.7 Å². The minimum atomic E-state index is -3.88. The van der Waals surface area contributed by atoms with Gasteiger partial charge in [-0.15, -0.1) is 0 Å². The van der Waals surface area contributed by atoms with E-state index in [4.69, 9.17) is 0 Å². The topological polar surface area (TPSA) is 66.4 Å². The summed E-state index contributed by atoms with van der Waals surface area (Å²) in [7, 11) is -3.88. The fraction of sp³-hybridized carbons (Fsp3) is 0.222. The molecule has 146 valence electrons. The Morgan fingerprint density at radius 2 is 1.64 bits per heavy atom. The Bertz CT molecular complexity index is 1080. The van der Waals surface area contributed by atoms with Gasteiger partial charge in [0.1, 0.15) is 0 Å². The molecule has 0 aliphatic carbocycles. The number of halogens is 2. The summed E-state index contributed by atoms with van der Waals surface area (Å²) in [5.74, 6) is -1.62.